The van der Waals surface area contributed by atoms with E-state index in [9.17, 15) is 0 Å². The van der Waals surface area contributed by atoms with Gasteiger partial charge in [0.25, 0.3) is 0 Å². The third-order valence-electron chi connectivity index (χ3n) is 4.90. The standard InChI is InChI=1S/C17H19ClN2/c1-10-3-16-12(5-15(10)18)4-14(20-16)9-19-11(2)6-17-7-13(17)8-17/h3-5,13,19-20H,2,6-9H2,1H3. The molecule has 0 unspecified atom stereocenters. The van der Waals surface area contributed by atoms with Crippen molar-refractivity contribution in [3.05, 3.63) is 46.8 Å². The average Bonchev–Trinajstić information content (AvgIpc) is 3.16. The molecule has 0 radical (unpaired) electrons. The van der Waals surface area contributed by atoms with Crippen LogP contribution in [0.2, 0.25) is 5.02 Å². The summed E-state index contributed by atoms with van der Waals surface area (Å²) in [5.74, 6) is 1.03. The first-order valence-electron chi connectivity index (χ1n) is 7.25. The Labute approximate surface area is 124 Å². The topological polar surface area (TPSA) is 27.8 Å². The molecule has 2 saturated carbocycles. The fourth-order valence-electron chi connectivity index (χ4n) is 3.22. The Kier molecular flexibility index (Phi) is 2.50. The molecule has 0 saturated heterocycles. The van der Waals surface area contributed by atoms with Gasteiger partial charge in [-0.3, -0.25) is 0 Å². The van der Waals surface area contributed by atoms with Crippen LogP contribution in [0.1, 0.15) is 30.5 Å². The van der Waals surface area contributed by atoms with Crippen molar-refractivity contribution < 1.29 is 0 Å². The van der Waals surface area contributed by atoms with Gasteiger partial charge in [0.1, 0.15) is 0 Å². The SMILES string of the molecule is C=C(CC12CC1C2)NCc1cc2cc(Cl)c(C)cc2[nH]1. The zero-order chi connectivity index (χ0) is 13.9. The van der Waals surface area contributed by atoms with Crippen LogP contribution in [-0.2, 0) is 6.54 Å². The van der Waals surface area contributed by atoms with E-state index in [0.29, 0.717) is 5.41 Å². The third-order valence-corrected chi connectivity index (χ3v) is 5.31. The first-order valence-corrected chi connectivity index (χ1v) is 7.63. The summed E-state index contributed by atoms with van der Waals surface area (Å²) < 4.78 is 0. The quantitative estimate of drug-likeness (QED) is 0.830. The first kappa shape index (κ1) is 12.3. The number of benzene rings is 1. The highest BCUT2D eigenvalue weighted by Gasteiger charge is 2.68. The predicted octanol–water partition coefficient (Wildman–Crippen LogP) is 4.53. The van der Waals surface area contributed by atoms with Gasteiger partial charge in [-0.25, -0.2) is 0 Å². The van der Waals surface area contributed by atoms with Crippen LogP contribution in [0.3, 0.4) is 0 Å². The molecule has 2 N–H and O–H groups in total. The second-order valence-corrected chi connectivity index (χ2v) is 6.99. The minimum absolute atomic E-state index is 0.676. The fraction of sp³-hybridized carbons (Fsp3) is 0.412. The summed E-state index contributed by atoms with van der Waals surface area (Å²) in [5.41, 5.74) is 5.30. The maximum absolute atomic E-state index is 6.17. The molecule has 0 amide bonds. The molecule has 2 aliphatic rings. The molecule has 0 bridgehead atoms. The van der Waals surface area contributed by atoms with Crippen LogP contribution in [0, 0.1) is 18.3 Å². The molecule has 2 fully saturated rings. The van der Waals surface area contributed by atoms with E-state index in [4.69, 9.17) is 11.6 Å². The number of hydrogen-bond acceptors (Lipinski definition) is 1. The minimum atomic E-state index is 0.676. The number of allylic oxidation sites excluding steroid dienone is 1. The van der Waals surface area contributed by atoms with Gasteiger partial charge in [0.15, 0.2) is 0 Å². The van der Waals surface area contributed by atoms with Crippen molar-refractivity contribution in [1.29, 1.82) is 0 Å². The Morgan fingerprint density at radius 1 is 1.45 bits per heavy atom. The Morgan fingerprint density at radius 2 is 2.20 bits per heavy atom. The van der Waals surface area contributed by atoms with Crippen molar-refractivity contribution in [2.24, 2.45) is 11.3 Å². The summed E-state index contributed by atoms with van der Waals surface area (Å²) in [6.45, 7) is 7.00. The minimum Gasteiger partial charge on any atom is -0.383 e. The number of nitrogens with one attached hydrogen (secondary N) is 2. The molecule has 1 heterocycles. The maximum atomic E-state index is 6.17. The van der Waals surface area contributed by atoms with Gasteiger partial charge in [0.2, 0.25) is 0 Å². The highest BCUT2D eigenvalue weighted by atomic mass is 35.5. The van der Waals surface area contributed by atoms with Gasteiger partial charge in [0.05, 0.1) is 6.54 Å². The lowest BCUT2D eigenvalue weighted by Crippen LogP contribution is -2.13. The maximum Gasteiger partial charge on any atom is 0.0548 e. The molecule has 2 nitrogen and oxygen atoms in total. The summed E-state index contributed by atoms with van der Waals surface area (Å²) in [4.78, 5) is 3.45. The van der Waals surface area contributed by atoms with Crippen LogP contribution in [0.5, 0.6) is 0 Å². The number of aromatic amines is 1. The van der Waals surface area contributed by atoms with Crippen LogP contribution < -0.4 is 5.32 Å². The molecule has 3 heteroatoms. The largest absolute Gasteiger partial charge is 0.383 e. The van der Waals surface area contributed by atoms with Crippen LogP contribution in [-0.4, -0.2) is 4.98 Å². The number of aromatic nitrogens is 1. The molecule has 1 aromatic heterocycles. The van der Waals surface area contributed by atoms with Crippen LogP contribution in [0.25, 0.3) is 10.9 Å². The molecule has 2 aromatic rings. The van der Waals surface area contributed by atoms with Gasteiger partial charge in [-0.15, -0.1) is 0 Å². The molecular weight excluding hydrogens is 268 g/mol. The van der Waals surface area contributed by atoms with E-state index < -0.39 is 0 Å². The number of halogens is 1. The summed E-state index contributed by atoms with van der Waals surface area (Å²) in [6.07, 6.45) is 4.01. The van der Waals surface area contributed by atoms with Crippen LogP contribution >= 0.6 is 11.6 Å². The van der Waals surface area contributed by atoms with E-state index in [-0.39, 0.29) is 0 Å². The average molecular weight is 287 g/mol. The second-order valence-electron chi connectivity index (χ2n) is 6.58. The highest BCUT2D eigenvalue weighted by molar-refractivity contribution is 6.32. The summed E-state index contributed by atoms with van der Waals surface area (Å²) in [6, 6.07) is 6.29. The Bertz CT molecular complexity index is 668. The van der Waals surface area contributed by atoms with Gasteiger partial charge < -0.3 is 10.3 Å². The van der Waals surface area contributed by atoms with Gasteiger partial charge in [-0.05, 0) is 61.3 Å². The van der Waals surface area contributed by atoms with E-state index >= 15 is 0 Å². The molecule has 1 aromatic carbocycles. The van der Waals surface area contributed by atoms with E-state index in [1.807, 2.05) is 13.0 Å². The van der Waals surface area contributed by atoms with Crippen LogP contribution in [0.4, 0.5) is 0 Å². The fourth-order valence-corrected chi connectivity index (χ4v) is 3.39. The highest BCUT2D eigenvalue weighted by Crippen LogP contribution is 2.77. The van der Waals surface area contributed by atoms with Gasteiger partial charge in [-0.1, -0.05) is 18.2 Å². The molecule has 0 aliphatic heterocycles. The first-order chi connectivity index (χ1) is 9.56. The van der Waals surface area contributed by atoms with E-state index in [1.54, 1.807) is 0 Å². The zero-order valence-corrected chi connectivity index (χ0v) is 12.5. The van der Waals surface area contributed by atoms with Gasteiger partial charge >= 0.3 is 0 Å². The smallest absolute Gasteiger partial charge is 0.0548 e. The number of H-pyrrole nitrogens is 1. The van der Waals surface area contributed by atoms with E-state index in [2.05, 4.69) is 29.0 Å². The monoisotopic (exact) mass is 286 g/mol. The zero-order valence-electron chi connectivity index (χ0n) is 11.7. The number of rotatable bonds is 5. The van der Waals surface area contributed by atoms with Gasteiger partial charge in [-0.2, -0.15) is 0 Å². The van der Waals surface area contributed by atoms with Gasteiger partial charge in [0, 0.05) is 27.3 Å². The van der Waals surface area contributed by atoms with Crippen molar-refractivity contribution in [3.63, 3.8) is 0 Å². The van der Waals surface area contributed by atoms with Crippen molar-refractivity contribution in [2.45, 2.75) is 32.7 Å². The molecule has 20 heavy (non-hydrogen) atoms. The Balaban J connectivity index is 1.44. The summed E-state index contributed by atoms with van der Waals surface area (Å²) in [7, 11) is 0. The lowest BCUT2D eigenvalue weighted by molar-refractivity contribution is 0.600. The predicted molar refractivity (Wildman–Crippen MR) is 83.8 cm³/mol. The van der Waals surface area contributed by atoms with E-state index in [1.165, 1.54) is 29.6 Å². The van der Waals surface area contributed by atoms with Crippen molar-refractivity contribution >= 4 is 22.5 Å². The molecule has 0 atom stereocenters. The van der Waals surface area contributed by atoms with E-state index in [0.717, 1.165) is 35.0 Å². The Hall–Kier alpha value is -1.41. The molecule has 104 valence electrons. The summed E-state index contributed by atoms with van der Waals surface area (Å²) in [5, 5.41) is 5.45. The lowest BCUT2D eigenvalue weighted by atomic mass is 10.1. The van der Waals surface area contributed by atoms with Crippen molar-refractivity contribution in [2.75, 3.05) is 0 Å². The second kappa shape index (κ2) is 4.05. The van der Waals surface area contributed by atoms with Crippen LogP contribution in [0.15, 0.2) is 30.5 Å². The molecule has 4 rings (SSSR count). The number of fused-ring (bicyclic) bond motifs is 2. The Morgan fingerprint density at radius 3 is 2.90 bits per heavy atom. The normalized spacial score (nSPS) is 26.4. The van der Waals surface area contributed by atoms with Crippen molar-refractivity contribution in [1.82, 2.24) is 10.3 Å². The third kappa shape index (κ3) is 2.03. The number of aryl methyl sites for hydroxylation is 1. The molecular formula is C17H19ClN2. The molecule has 0 spiro atoms. The lowest BCUT2D eigenvalue weighted by Gasteiger charge is -2.10. The molecule has 2 aliphatic carbocycles. The summed E-state index contributed by atoms with van der Waals surface area (Å²) >= 11 is 6.17. The number of hydrogen-bond donors (Lipinski definition) is 2. The van der Waals surface area contributed by atoms with Crippen molar-refractivity contribution in [3.8, 4) is 0 Å².